The maximum absolute atomic E-state index is 11.3. The molecule has 0 unspecified atom stereocenters. The van der Waals surface area contributed by atoms with E-state index in [2.05, 4.69) is 6.92 Å². The van der Waals surface area contributed by atoms with E-state index < -0.39 is 5.97 Å². The average molecular weight is 256 g/mol. The van der Waals surface area contributed by atoms with Crippen molar-refractivity contribution >= 4 is 29.5 Å². The van der Waals surface area contributed by atoms with E-state index in [9.17, 15) is 9.90 Å². The monoisotopic (exact) mass is 256 g/mol. The number of carboxylic acid groups (broad SMARTS) is 1. The molecule has 0 saturated carbocycles. The summed E-state index contributed by atoms with van der Waals surface area (Å²) in [4.78, 5) is 13.0. The highest BCUT2D eigenvalue weighted by Crippen LogP contribution is 2.31. The van der Waals surface area contributed by atoms with Gasteiger partial charge in [0.15, 0.2) is 0 Å². The molecule has 1 N–H and O–H groups in total. The zero-order valence-corrected chi connectivity index (χ0v) is 11.2. The molecule has 0 aliphatic rings. The van der Waals surface area contributed by atoms with Crippen LogP contribution in [0, 0.1) is 0 Å². The molecular formula is C12H16O2S2. The second kappa shape index (κ2) is 6.86. The molecule has 1 aromatic carbocycles. The third-order valence-electron chi connectivity index (χ3n) is 1.96. The Hall–Kier alpha value is -0.610. The number of carboxylic acids is 1. The van der Waals surface area contributed by atoms with Gasteiger partial charge in [-0.2, -0.15) is 0 Å². The van der Waals surface area contributed by atoms with Gasteiger partial charge >= 0.3 is 5.97 Å². The molecule has 0 aliphatic heterocycles. The van der Waals surface area contributed by atoms with Crippen LogP contribution in [0.15, 0.2) is 28.0 Å². The van der Waals surface area contributed by atoms with E-state index in [1.807, 2.05) is 25.1 Å². The van der Waals surface area contributed by atoms with Gasteiger partial charge in [-0.1, -0.05) is 19.9 Å². The first-order valence-corrected chi connectivity index (χ1v) is 7.29. The number of aromatic carboxylic acids is 1. The van der Waals surface area contributed by atoms with E-state index in [1.165, 1.54) is 0 Å². The van der Waals surface area contributed by atoms with Crippen molar-refractivity contribution in [1.29, 1.82) is 0 Å². The van der Waals surface area contributed by atoms with Crippen LogP contribution in [0.3, 0.4) is 0 Å². The molecule has 0 atom stereocenters. The van der Waals surface area contributed by atoms with Crippen LogP contribution in [-0.2, 0) is 0 Å². The highest BCUT2D eigenvalue weighted by Gasteiger charge is 2.15. The first kappa shape index (κ1) is 13.5. The molecule has 0 heterocycles. The molecule has 4 heteroatoms. The van der Waals surface area contributed by atoms with Gasteiger partial charge in [-0.05, 0) is 30.1 Å². The van der Waals surface area contributed by atoms with E-state index in [4.69, 9.17) is 0 Å². The third-order valence-corrected chi connectivity index (χ3v) is 4.17. The van der Waals surface area contributed by atoms with Crippen LogP contribution in [0.5, 0.6) is 0 Å². The summed E-state index contributed by atoms with van der Waals surface area (Å²) < 4.78 is 0. The van der Waals surface area contributed by atoms with E-state index in [0.29, 0.717) is 5.56 Å². The summed E-state index contributed by atoms with van der Waals surface area (Å²) in [6.07, 6.45) is 1.05. The summed E-state index contributed by atoms with van der Waals surface area (Å²) >= 11 is 3.20. The molecule has 0 saturated heterocycles. The van der Waals surface area contributed by atoms with Crippen LogP contribution in [0.1, 0.15) is 30.6 Å². The highest BCUT2D eigenvalue weighted by atomic mass is 32.2. The van der Waals surface area contributed by atoms with Crippen molar-refractivity contribution in [2.24, 2.45) is 0 Å². The maximum Gasteiger partial charge on any atom is 0.337 e. The van der Waals surface area contributed by atoms with Gasteiger partial charge in [0, 0.05) is 9.79 Å². The van der Waals surface area contributed by atoms with Gasteiger partial charge in [0.05, 0.1) is 5.56 Å². The molecule has 16 heavy (non-hydrogen) atoms. The molecule has 0 amide bonds. The van der Waals surface area contributed by atoms with Crippen molar-refractivity contribution in [2.75, 3.05) is 11.5 Å². The molecule has 0 aromatic heterocycles. The largest absolute Gasteiger partial charge is 0.478 e. The van der Waals surface area contributed by atoms with E-state index >= 15 is 0 Å². The van der Waals surface area contributed by atoms with Gasteiger partial charge in [-0.15, -0.1) is 23.5 Å². The summed E-state index contributed by atoms with van der Waals surface area (Å²) in [5, 5.41) is 9.25. The summed E-state index contributed by atoms with van der Waals surface area (Å²) in [6.45, 7) is 4.13. The summed E-state index contributed by atoms with van der Waals surface area (Å²) in [5.74, 6) is 1.03. The summed E-state index contributed by atoms with van der Waals surface area (Å²) in [5.41, 5.74) is 0.466. The molecule has 2 nitrogen and oxygen atoms in total. The van der Waals surface area contributed by atoms with E-state index in [1.54, 1.807) is 23.5 Å². The van der Waals surface area contributed by atoms with Crippen molar-refractivity contribution in [3.8, 4) is 0 Å². The van der Waals surface area contributed by atoms with Gasteiger partial charge in [0.2, 0.25) is 0 Å². The van der Waals surface area contributed by atoms with Crippen LogP contribution in [-0.4, -0.2) is 22.6 Å². The summed E-state index contributed by atoms with van der Waals surface area (Å²) in [6, 6.07) is 5.71. The van der Waals surface area contributed by atoms with Crippen LogP contribution in [0.2, 0.25) is 0 Å². The van der Waals surface area contributed by atoms with Crippen molar-refractivity contribution in [1.82, 2.24) is 0 Å². The first-order valence-electron chi connectivity index (χ1n) is 5.32. The predicted octanol–water partition coefficient (Wildman–Crippen LogP) is 4.00. The minimum absolute atomic E-state index is 0.466. The van der Waals surface area contributed by atoms with Crippen molar-refractivity contribution in [3.05, 3.63) is 23.8 Å². The molecule has 1 aromatic rings. The Kier molecular flexibility index (Phi) is 5.77. The molecule has 0 radical (unpaired) electrons. The van der Waals surface area contributed by atoms with E-state index in [0.717, 1.165) is 27.7 Å². The number of hydrogen-bond donors (Lipinski definition) is 1. The van der Waals surface area contributed by atoms with E-state index in [-0.39, 0.29) is 0 Å². The van der Waals surface area contributed by atoms with Gasteiger partial charge in [0.1, 0.15) is 0 Å². The normalized spacial score (nSPS) is 10.4. The molecule has 1 rings (SSSR count). The minimum Gasteiger partial charge on any atom is -0.478 e. The zero-order chi connectivity index (χ0) is 12.0. The average Bonchev–Trinajstić information content (AvgIpc) is 2.26. The maximum atomic E-state index is 11.3. The SMILES string of the molecule is CCCSc1cccc(SCC)c1C(=O)O. The highest BCUT2D eigenvalue weighted by molar-refractivity contribution is 8.00. The van der Waals surface area contributed by atoms with Crippen molar-refractivity contribution in [2.45, 2.75) is 30.1 Å². The molecular weight excluding hydrogens is 240 g/mol. The Morgan fingerprint density at radius 2 is 1.88 bits per heavy atom. The lowest BCUT2D eigenvalue weighted by Gasteiger charge is -2.09. The van der Waals surface area contributed by atoms with Crippen LogP contribution >= 0.6 is 23.5 Å². The van der Waals surface area contributed by atoms with Crippen LogP contribution in [0.25, 0.3) is 0 Å². The molecule has 0 bridgehead atoms. The number of hydrogen-bond acceptors (Lipinski definition) is 3. The van der Waals surface area contributed by atoms with Gasteiger partial charge in [-0.25, -0.2) is 4.79 Å². The molecule has 0 aliphatic carbocycles. The lowest BCUT2D eigenvalue weighted by atomic mass is 10.2. The fourth-order valence-electron chi connectivity index (χ4n) is 1.33. The Morgan fingerprint density at radius 3 is 2.38 bits per heavy atom. The van der Waals surface area contributed by atoms with Gasteiger partial charge < -0.3 is 5.11 Å². The smallest absolute Gasteiger partial charge is 0.337 e. The second-order valence-corrected chi connectivity index (χ2v) is 5.66. The zero-order valence-electron chi connectivity index (χ0n) is 9.53. The first-order chi connectivity index (χ1) is 7.70. The fraction of sp³-hybridized carbons (Fsp3) is 0.417. The quantitative estimate of drug-likeness (QED) is 0.781. The van der Waals surface area contributed by atoms with Gasteiger partial charge in [0.25, 0.3) is 0 Å². The lowest BCUT2D eigenvalue weighted by Crippen LogP contribution is -2.01. The Balaban J connectivity index is 3.05. The summed E-state index contributed by atoms with van der Waals surface area (Å²) in [7, 11) is 0. The minimum atomic E-state index is -0.824. The molecule has 88 valence electrons. The number of carbonyl (C=O) groups is 1. The van der Waals surface area contributed by atoms with Crippen molar-refractivity contribution in [3.63, 3.8) is 0 Å². The van der Waals surface area contributed by atoms with Crippen molar-refractivity contribution < 1.29 is 9.90 Å². The second-order valence-electron chi connectivity index (χ2n) is 3.22. The van der Waals surface area contributed by atoms with Crippen LogP contribution in [0.4, 0.5) is 0 Å². The Bertz CT molecular complexity index is 364. The molecule has 0 spiro atoms. The fourth-order valence-corrected chi connectivity index (χ4v) is 3.16. The molecule has 0 fully saturated rings. The lowest BCUT2D eigenvalue weighted by molar-refractivity contribution is 0.0689. The Labute approximate surface area is 105 Å². The van der Waals surface area contributed by atoms with Crippen LogP contribution < -0.4 is 0 Å². The third kappa shape index (κ3) is 3.46. The standard InChI is InChI=1S/C12H16O2S2/c1-3-8-16-10-7-5-6-9(15-4-2)11(10)12(13)14/h5-7H,3-4,8H2,1-2H3,(H,13,14). The number of benzene rings is 1. The number of rotatable bonds is 6. The number of thioether (sulfide) groups is 2. The van der Waals surface area contributed by atoms with Gasteiger partial charge in [-0.3, -0.25) is 0 Å². The predicted molar refractivity (Wildman–Crippen MR) is 70.8 cm³/mol. The topological polar surface area (TPSA) is 37.3 Å². The Morgan fingerprint density at radius 1 is 1.25 bits per heavy atom.